The first-order chi connectivity index (χ1) is 6.26. The first kappa shape index (κ1) is 8.15. The van der Waals surface area contributed by atoms with E-state index in [2.05, 4.69) is 4.98 Å². The summed E-state index contributed by atoms with van der Waals surface area (Å²) in [6, 6.07) is 3.53. The van der Waals surface area contributed by atoms with Crippen molar-refractivity contribution in [3.63, 3.8) is 0 Å². The van der Waals surface area contributed by atoms with Gasteiger partial charge in [-0.15, -0.1) is 0 Å². The molecule has 5 heteroatoms. The van der Waals surface area contributed by atoms with Gasteiger partial charge >= 0.3 is 0 Å². The lowest BCUT2D eigenvalue weighted by molar-refractivity contribution is 0.458. The summed E-state index contributed by atoms with van der Waals surface area (Å²) in [6.07, 6.45) is 0. The molecule has 0 fully saturated rings. The van der Waals surface area contributed by atoms with Crippen LogP contribution in [0.25, 0.3) is 11.0 Å². The molecule has 2 rings (SSSR count). The minimum absolute atomic E-state index is 0.149. The van der Waals surface area contributed by atoms with Crippen LogP contribution in [0.3, 0.4) is 0 Å². The Kier molecular flexibility index (Phi) is 1.75. The molecular formula is C8H12N4O. The van der Waals surface area contributed by atoms with Crippen LogP contribution in [0.4, 0.5) is 0 Å². The maximum absolute atomic E-state index is 9.19. The van der Waals surface area contributed by atoms with Gasteiger partial charge in [0, 0.05) is 18.3 Å². The summed E-state index contributed by atoms with van der Waals surface area (Å²) >= 11 is 0. The van der Waals surface area contributed by atoms with Gasteiger partial charge in [-0.2, -0.15) is 0 Å². The minimum atomic E-state index is 0.149. The molecule has 2 heterocycles. The SMILES string of the molecule is NCc1cc2[nH]c(O)cc2n1CN. The molecule has 0 aliphatic rings. The van der Waals surface area contributed by atoms with Gasteiger partial charge in [0.2, 0.25) is 0 Å². The van der Waals surface area contributed by atoms with Gasteiger partial charge in [-0.1, -0.05) is 0 Å². The third-order valence-corrected chi connectivity index (χ3v) is 2.15. The Morgan fingerprint density at radius 3 is 2.77 bits per heavy atom. The van der Waals surface area contributed by atoms with Crippen LogP contribution in [-0.2, 0) is 13.2 Å². The number of rotatable bonds is 2. The molecule has 0 aliphatic heterocycles. The fraction of sp³-hybridized carbons (Fsp3) is 0.250. The number of nitrogens with zero attached hydrogens (tertiary/aromatic N) is 1. The van der Waals surface area contributed by atoms with Crippen LogP contribution in [0.1, 0.15) is 5.69 Å². The second kappa shape index (κ2) is 2.79. The smallest absolute Gasteiger partial charge is 0.190 e. The second-order valence-corrected chi connectivity index (χ2v) is 2.90. The molecule has 2 aromatic rings. The molecule has 6 N–H and O–H groups in total. The maximum atomic E-state index is 9.19. The number of aromatic nitrogens is 2. The normalized spacial score (nSPS) is 11.2. The van der Waals surface area contributed by atoms with Gasteiger partial charge in [0.25, 0.3) is 0 Å². The van der Waals surface area contributed by atoms with E-state index in [0.717, 1.165) is 16.7 Å². The lowest BCUT2D eigenvalue weighted by Crippen LogP contribution is -2.12. The summed E-state index contributed by atoms with van der Waals surface area (Å²) in [4.78, 5) is 2.81. The summed E-state index contributed by atoms with van der Waals surface area (Å²) < 4.78 is 1.87. The van der Waals surface area contributed by atoms with Gasteiger partial charge in [-0.25, -0.2) is 0 Å². The highest BCUT2D eigenvalue weighted by atomic mass is 16.3. The Hall–Kier alpha value is -1.46. The Balaban J connectivity index is 2.70. The average Bonchev–Trinajstić information content (AvgIpc) is 2.59. The van der Waals surface area contributed by atoms with Crippen LogP contribution in [0.5, 0.6) is 5.88 Å². The highest BCUT2D eigenvalue weighted by Crippen LogP contribution is 2.22. The van der Waals surface area contributed by atoms with E-state index in [1.807, 2.05) is 10.6 Å². The van der Waals surface area contributed by atoms with Gasteiger partial charge < -0.3 is 26.1 Å². The molecule has 13 heavy (non-hydrogen) atoms. The van der Waals surface area contributed by atoms with Crippen LogP contribution in [0, 0.1) is 0 Å². The number of nitrogens with two attached hydrogens (primary N) is 2. The second-order valence-electron chi connectivity index (χ2n) is 2.90. The maximum Gasteiger partial charge on any atom is 0.190 e. The van der Waals surface area contributed by atoms with Crippen molar-refractivity contribution in [3.05, 3.63) is 17.8 Å². The van der Waals surface area contributed by atoms with E-state index in [1.165, 1.54) is 0 Å². The van der Waals surface area contributed by atoms with Crippen LogP contribution in [-0.4, -0.2) is 14.7 Å². The number of nitrogens with one attached hydrogen (secondary N) is 1. The molecule has 0 saturated carbocycles. The number of fused-ring (bicyclic) bond motifs is 1. The predicted octanol–water partition coefficient (Wildman–Crippen LogP) is 0.0499. The number of H-pyrrole nitrogens is 1. The van der Waals surface area contributed by atoms with Crippen LogP contribution < -0.4 is 11.5 Å². The molecule has 0 aliphatic carbocycles. The lowest BCUT2D eigenvalue weighted by atomic mass is 10.4. The number of aromatic amines is 1. The van der Waals surface area contributed by atoms with Gasteiger partial charge in [0.05, 0.1) is 17.7 Å². The number of hydrogen-bond donors (Lipinski definition) is 4. The molecular weight excluding hydrogens is 168 g/mol. The topological polar surface area (TPSA) is 93.0 Å². The van der Waals surface area contributed by atoms with Crippen molar-refractivity contribution in [3.8, 4) is 5.88 Å². The Morgan fingerprint density at radius 1 is 1.38 bits per heavy atom. The standard InChI is InChI=1S/C8H12N4O/c9-3-5-1-6-7(12(5)4-10)2-8(13)11-6/h1-2,11,13H,3-4,9-10H2. The van der Waals surface area contributed by atoms with E-state index in [1.54, 1.807) is 6.07 Å². The monoisotopic (exact) mass is 180 g/mol. The van der Waals surface area contributed by atoms with Gasteiger partial charge in [-0.3, -0.25) is 0 Å². The van der Waals surface area contributed by atoms with Crippen molar-refractivity contribution in [2.24, 2.45) is 11.5 Å². The third-order valence-electron chi connectivity index (χ3n) is 2.15. The van der Waals surface area contributed by atoms with Crippen LogP contribution >= 0.6 is 0 Å². The highest BCUT2D eigenvalue weighted by molar-refractivity contribution is 5.79. The molecule has 0 aromatic carbocycles. The van der Waals surface area contributed by atoms with Crippen LogP contribution in [0.2, 0.25) is 0 Å². The molecule has 0 unspecified atom stereocenters. The molecule has 0 atom stereocenters. The molecule has 70 valence electrons. The minimum Gasteiger partial charge on any atom is -0.495 e. The van der Waals surface area contributed by atoms with E-state index in [4.69, 9.17) is 11.5 Å². The molecule has 2 aromatic heterocycles. The molecule has 0 radical (unpaired) electrons. The van der Waals surface area contributed by atoms with E-state index in [-0.39, 0.29) is 5.88 Å². The fourth-order valence-corrected chi connectivity index (χ4v) is 1.56. The predicted molar refractivity (Wildman–Crippen MR) is 50.0 cm³/mol. The summed E-state index contributed by atoms with van der Waals surface area (Å²) in [5.74, 6) is 0.149. The van der Waals surface area contributed by atoms with Gasteiger partial charge in [0.15, 0.2) is 5.88 Å². The Morgan fingerprint density at radius 2 is 2.15 bits per heavy atom. The van der Waals surface area contributed by atoms with Crippen molar-refractivity contribution >= 4 is 11.0 Å². The quantitative estimate of drug-likeness (QED) is 0.526. The van der Waals surface area contributed by atoms with E-state index in [9.17, 15) is 5.11 Å². The number of aromatic hydroxyl groups is 1. The fourth-order valence-electron chi connectivity index (χ4n) is 1.56. The summed E-state index contributed by atoms with van der Waals surface area (Å²) in [5, 5.41) is 9.19. The Bertz CT molecular complexity index is 428. The molecule has 0 amide bonds. The van der Waals surface area contributed by atoms with E-state index < -0.39 is 0 Å². The van der Waals surface area contributed by atoms with Gasteiger partial charge in [-0.05, 0) is 6.07 Å². The summed E-state index contributed by atoms with van der Waals surface area (Å²) in [5.41, 5.74) is 13.8. The van der Waals surface area contributed by atoms with Gasteiger partial charge in [0.1, 0.15) is 0 Å². The van der Waals surface area contributed by atoms with Crippen molar-refractivity contribution in [1.82, 2.24) is 9.55 Å². The van der Waals surface area contributed by atoms with Crippen molar-refractivity contribution < 1.29 is 5.11 Å². The molecule has 0 bridgehead atoms. The zero-order valence-electron chi connectivity index (χ0n) is 7.12. The first-order valence-corrected chi connectivity index (χ1v) is 4.06. The van der Waals surface area contributed by atoms with Crippen molar-refractivity contribution in [2.75, 3.05) is 0 Å². The first-order valence-electron chi connectivity index (χ1n) is 4.06. The average molecular weight is 180 g/mol. The molecule has 0 saturated heterocycles. The molecule has 5 nitrogen and oxygen atoms in total. The van der Waals surface area contributed by atoms with Crippen LogP contribution in [0.15, 0.2) is 12.1 Å². The summed E-state index contributed by atoms with van der Waals surface area (Å²) in [6.45, 7) is 0.813. The van der Waals surface area contributed by atoms with E-state index in [0.29, 0.717) is 13.2 Å². The zero-order chi connectivity index (χ0) is 9.42. The van der Waals surface area contributed by atoms with Crippen molar-refractivity contribution in [2.45, 2.75) is 13.2 Å². The zero-order valence-corrected chi connectivity index (χ0v) is 7.12. The Labute approximate surface area is 74.9 Å². The highest BCUT2D eigenvalue weighted by Gasteiger charge is 2.08. The van der Waals surface area contributed by atoms with Crippen molar-refractivity contribution in [1.29, 1.82) is 0 Å². The summed E-state index contributed by atoms with van der Waals surface area (Å²) in [7, 11) is 0. The third kappa shape index (κ3) is 1.09. The molecule has 0 spiro atoms. The van der Waals surface area contributed by atoms with E-state index >= 15 is 0 Å². The largest absolute Gasteiger partial charge is 0.495 e. The number of hydrogen-bond acceptors (Lipinski definition) is 3. The lowest BCUT2D eigenvalue weighted by Gasteiger charge is -2.03.